The molecule has 2 N–H and O–H groups in total. The molecule has 0 saturated carbocycles. The van der Waals surface area contributed by atoms with Gasteiger partial charge in [-0.1, -0.05) is 0 Å². The van der Waals surface area contributed by atoms with Gasteiger partial charge in [0, 0.05) is 17.8 Å². The van der Waals surface area contributed by atoms with Crippen molar-refractivity contribution in [3.8, 4) is 0 Å². The predicted molar refractivity (Wildman–Crippen MR) is 61.7 cm³/mol. The zero-order valence-electron chi connectivity index (χ0n) is 9.94. The van der Waals surface area contributed by atoms with Crippen LogP contribution in [0.5, 0.6) is 0 Å². The first-order valence-electron chi connectivity index (χ1n) is 5.38. The zero-order chi connectivity index (χ0) is 13.3. The Hall–Kier alpha value is -1.98. The van der Waals surface area contributed by atoms with E-state index in [1.54, 1.807) is 0 Å². The van der Waals surface area contributed by atoms with Crippen LogP contribution in [-0.4, -0.2) is 10.2 Å². The van der Waals surface area contributed by atoms with Crippen molar-refractivity contribution in [3.05, 3.63) is 46.5 Å². The molecule has 1 aromatic heterocycles. The summed E-state index contributed by atoms with van der Waals surface area (Å²) < 4.78 is 39.1. The fourth-order valence-corrected chi connectivity index (χ4v) is 1.68. The summed E-state index contributed by atoms with van der Waals surface area (Å²) in [7, 11) is 0. The highest BCUT2D eigenvalue weighted by Gasteiger charge is 2.14. The van der Waals surface area contributed by atoms with E-state index in [1.807, 2.05) is 13.8 Å². The number of aromatic nitrogens is 2. The van der Waals surface area contributed by atoms with Gasteiger partial charge in [0.25, 0.3) is 0 Å². The van der Waals surface area contributed by atoms with Crippen LogP contribution >= 0.6 is 0 Å². The van der Waals surface area contributed by atoms with Gasteiger partial charge in [-0.3, -0.25) is 5.10 Å². The summed E-state index contributed by atoms with van der Waals surface area (Å²) in [6.45, 7) is 3.93. The third-order valence-corrected chi connectivity index (χ3v) is 2.77. The van der Waals surface area contributed by atoms with Crippen molar-refractivity contribution in [2.24, 2.45) is 0 Å². The van der Waals surface area contributed by atoms with E-state index in [-0.39, 0.29) is 12.2 Å². The van der Waals surface area contributed by atoms with Gasteiger partial charge in [0.05, 0.1) is 11.4 Å². The quantitative estimate of drug-likeness (QED) is 0.827. The summed E-state index contributed by atoms with van der Waals surface area (Å²) in [5.41, 5.74) is 2.43. The molecule has 0 radical (unpaired) electrons. The maximum Gasteiger partial charge on any atom is 0.196 e. The minimum Gasteiger partial charge on any atom is -0.378 e. The van der Waals surface area contributed by atoms with Gasteiger partial charge in [-0.25, -0.2) is 13.2 Å². The lowest BCUT2D eigenvalue weighted by atomic mass is 10.2. The molecule has 2 rings (SSSR count). The van der Waals surface area contributed by atoms with Gasteiger partial charge >= 0.3 is 0 Å². The Bertz CT molecular complexity index is 559. The fourth-order valence-electron chi connectivity index (χ4n) is 1.68. The Balaban J connectivity index is 2.19. The van der Waals surface area contributed by atoms with E-state index in [4.69, 9.17) is 0 Å². The van der Waals surface area contributed by atoms with Gasteiger partial charge in [-0.15, -0.1) is 0 Å². The first-order valence-corrected chi connectivity index (χ1v) is 5.38. The Morgan fingerprint density at radius 1 is 1.17 bits per heavy atom. The Kier molecular flexibility index (Phi) is 3.27. The van der Waals surface area contributed by atoms with Gasteiger partial charge in [0.2, 0.25) is 0 Å². The van der Waals surface area contributed by atoms with Crippen molar-refractivity contribution < 1.29 is 13.2 Å². The van der Waals surface area contributed by atoms with Gasteiger partial charge in [-0.05, 0) is 26.0 Å². The standard InChI is InChI=1S/C12H12F3N3/c1-6-8(7(2)18-17-6)5-16-10-4-3-9(13)11(14)12(10)15/h3-4,16H,5H2,1-2H3,(H,17,18). The molecule has 0 saturated heterocycles. The van der Waals surface area contributed by atoms with Crippen LogP contribution in [0.4, 0.5) is 18.9 Å². The highest BCUT2D eigenvalue weighted by atomic mass is 19.2. The molecule has 0 unspecified atom stereocenters. The third-order valence-electron chi connectivity index (χ3n) is 2.77. The molecule has 0 fully saturated rings. The number of hydrogen-bond donors (Lipinski definition) is 2. The molecule has 2 aromatic rings. The second kappa shape index (κ2) is 4.72. The van der Waals surface area contributed by atoms with E-state index >= 15 is 0 Å². The number of hydrogen-bond acceptors (Lipinski definition) is 2. The molecule has 0 bridgehead atoms. The van der Waals surface area contributed by atoms with Crippen molar-refractivity contribution in [1.29, 1.82) is 0 Å². The van der Waals surface area contributed by atoms with Crippen molar-refractivity contribution in [3.63, 3.8) is 0 Å². The smallest absolute Gasteiger partial charge is 0.196 e. The fraction of sp³-hybridized carbons (Fsp3) is 0.250. The van der Waals surface area contributed by atoms with Gasteiger partial charge < -0.3 is 5.32 Å². The number of benzene rings is 1. The predicted octanol–water partition coefficient (Wildman–Crippen LogP) is 3.06. The average molecular weight is 255 g/mol. The molecular formula is C12H12F3N3. The minimum absolute atomic E-state index is 0.0751. The van der Waals surface area contributed by atoms with Crippen LogP contribution < -0.4 is 5.32 Å². The molecule has 6 heteroatoms. The number of aryl methyl sites for hydroxylation is 2. The molecule has 1 aromatic carbocycles. The van der Waals surface area contributed by atoms with Crippen molar-refractivity contribution in [2.75, 3.05) is 5.32 Å². The summed E-state index contributed by atoms with van der Waals surface area (Å²) in [4.78, 5) is 0. The van der Waals surface area contributed by atoms with Crippen LogP contribution in [0.1, 0.15) is 17.0 Å². The van der Waals surface area contributed by atoms with E-state index in [0.29, 0.717) is 0 Å². The van der Waals surface area contributed by atoms with Crippen molar-refractivity contribution in [2.45, 2.75) is 20.4 Å². The summed E-state index contributed by atoms with van der Waals surface area (Å²) in [5, 5.41) is 9.50. The molecule has 1 heterocycles. The van der Waals surface area contributed by atoms with E-state index in [9.17, 15) is 13.2 Å². The number of nitrogens with one attached hydrogen (secondary N) is 2. The monoisotopic (exact) mass is 255 g/mol. The van der Waals surface area contributed by atoms with Crippen LogP contribution in [0.2, 0.25) is 0 Å². The summed E-state index contributed by atoms with van der Waals surface area (Å²) >= 11 is 0. The van der Waals surface area contributed by atoms with Crippen LogP contribution in [0.25, 0.3) is 0 Å². The van der Waals surface area contributed by atoms with E-state index in [0.717, 1.165) is 23.0 Å². The second-order valence-electron chi connectivity index (χ2n) is 3.99. The zero-order valence-corrected chi connectivity index (χ0v) is 9.94. The Labute approximate surface area is 102 Å². The average Bonchev–Trinajstić information content (AvgIpc) is 2.66. The Morgan fingerprint density at radius 2 is 1.89 bits per heavy atom. The number of aromatic amines is 1. The molecule has 0 amide bonds. The topological polar surface area (TPSA) is 40.7 Å². The highest BCUT2D eigenvalue weighted by Crippen LogP contribution is 2.21. The second-order valence-corrected chi connectivity index (χ2v) is 3.99. The first kappa shape index (κ1) is 12.5. The van der Waals surface area contributed by atoms with Gasteiger partial charge in [-0.2, -0.15) is 5.10 Å². The Morgan fingerprint density at radius 3 is 2.50 bits per heavy atom. The lowest BCUT2D eigenvalue weighted by molar-refractivity contribution is 0.449. The maximum absolute atomic E-state index is 13.4. The van der Waals surface area contributed by atoms with Gasteiger partial charge in [0.15, 0.2) is 17.5 Å². The number of anilines is 1. The van der Waals surface area contributed by atoms with E-state index in [1.165, 1.54) is 6.07 Å². The van der Waals surface area contributed by atoms with Crippen LogP contribution in [0, 0.1) is 31.3 Å². The number of halogens is 3. The van der Waals surface area contributed by atoms with Crippen molar-refractivity contribution in [1.82, 2.24) is 10.2 Å². The lowest BCUT2D eigenvalue weighted by Gasteiger charge is -2.08. The van der Waals surface area contributed by atoms with Crippen molar-refractivity contribution >= 4 is 5.69 Å². The molecule has 96 valence electrons. The summed E-state index contributed by atoms with van der Waals surface area (Å²) in [5.74, 6) is -3.89. The molecule has 18 heavy (non-hydrogen) atoms. The number of nitrogens with zero attached hydrogens (tertiary/aromatic N) is 1. The highest BCUT2D eigenvalue weighted by molar-refractivity contribution is 5.46. The molecule has 0 atom stereocenters. The largest absolute Gasteiger partial charge is 0.378 e. The molecular weight excluding hydrogens is 243 g/mol. The summed E-state index contributed by atoms with van der Waals surface area (Å²) in [6.07, 6.45) is 0. The number of H-pyrrole nitrogens is 1. The van der Waals surface area contributed by atoms with Crippen LogP contribution in [0.3, 0.4) is 0 Å². The molecule has 0 spiro atoms. The van der Waals surface area contributed by atoms with Crippen LogP contribution in [-0.2, 0) is 6.54 Å². The maximum atomic E-state index is 13.4. The SMILES string of the molecule is Cc1n[nH]c(C)c1CNc1ccc(F)c(F)c1F. The first-order chi connectivity index (χ1) is 8.50. The van der Waals surface area contributed by atoms with E-state index in [2.05, 4.69) is 15.5 Å². The molecule has 3 nitrogen and oxygen atoms in total. The third kappa shape index (κ3) is 2.18. The molecule has 0 aliphatic rings. The minimum atomic E-state index is -1.47. The number of rotatable bonds is 3. The lowest BCUT2D eigenvalue weighted by Crippen LogP contribution is -2.05. The van der Waals surface area contributed by atoms with Crippen LogP contribution in [0.15, 0.2) is 12.1 Å². The molecule has 0 aliphatic carbocycles. The summed E-state index contributed by atoms with van der Waals surface area (Å²) in [6, 6.07) is 2.05. The van der Waals surface area contributed by atoms with Gasteiger partial charge in [0.1, 0.15) is 0 Å². The van der Waals surface area contributed by atoms with E-state index < -0.39 is 17.5 Å². The normalized spacial score (nSPS) is 10.7. The molecule has 0 aliphatic heterocycles.